The Labute approximate surface area is 104 Å². The number of anilines is 1. The average molecular weight is 266 g/mol. The van der Waals surface area contributed by atoms with Crippen LogP contribution in [-0.2, 0) is 14.9 Å². The van der Waals surface area contributed by atoms with Crippen LogP contribution in [0.4, 0.5) is 5.69 Å². The SMILES string of the molecule is N#CC1CC(=O)N(c2cccc(S(=O)(=O)O)c2)C1. The maximum atomic E-state index is 11.7. The zero-order valence-corrected chi connectivity index (χ0v) is 10.1. The number of nitrogens with zero attached hydrogens (tertiary/aromatic N) is 2. The first-order valence-corrected chi connectivity index (χ1v) is 6.63. The van der Waals surface area contributed by atoms with Crippen LogP contribution in [0.1, 0.15) is 6.42 Å². The van der Waals surface area contributed by atoms with Crippen molar-refractivity contribution in [2.75, 3.05) is 11.4 Å². The minimum atomic E-state index is -4.29. The van der Waals surface area contributed by atoms with Crippen LogP contribution in [0.5, 0.6) is 0 Å². The molecule has 1 aliphatic rings. The highest BCUT2D eigenvalue weighted by molar-refractivity contribution is 7.85. The van der Waals surface area contributed by atoms with Crippen LogP contribution in [0, 0.1) is 17.2 Å². The van der Waals surface area contributed by atoms with Gasteiger partial charge in [0.2, 0.25) is 5.91 Å². The molecule has 18 heavy (non-hydrogen) atoms. The van der Waals surface area contributed by atoms with E-state index in [9.17, 15) is 13.2 Å². The highest BCUT2D eigenvalue weighted by Gasteiger charge is 2.30. The van der Waals surface area contributed by atoms with Gasteiger partial charge in [-0.3, -0.25) is 9.35 Å². The average Bonchev–Trinajstić information content (AvgIpc) is 2.70. The van der Waals surface area contributed by atoms with Crippen LogP contribution in [0.15, 0.2) is 29.2 Å². The summed E-state index contributed by atoms with van der Waals surface area (Å²) in [5, 5.41) is 8.77. The molecule has 7 heteroatoms. The van der Waals surface area contributed by atoms with Crippen LogP contribution in [0.3, 0.4) is 0 Å². The fourth-order valence-electron chi connectivity index (χ4n) is 1.86. The van der Waals surface area contributed by atoms with E-state index in [0.717, 1.165) is 0 Å². The molecule has 1 atom stereocenters. The first-order chi connectivity index (χ1) is 8.41. The van der Waals surface area contributed by atoms with Gasteiger partial charge in [0, 0.05) is 18.7 Å². The van der Waals surface area contributed by atoms with Crippen molar-refractivity contribution in [3.8, 4) is 6.07 Å². The third-order valence-corrected chi connectivity index (χ3v) is 3.58. The first kappa shape index (κ1) is 12.5. The van der Waals surface area contributed by atoms with Crippen LogP contribution in [0.25, 0.3) is 0 Å². The summed E-state index contributed by atoms with van der Waals surface area (Å²) in [6.45, 7) is 0.240. The van der Waals surface area contributed by atoms with Crippen molar-refractivity contribution >= 4 is 21.7 Å². The Morgan fingerprint density at radius 3 is 2.72 bits per heavy atom. The minimum absolute atomic E-state index is 0.132. The topological polar surface area (TPSA) is 98.5 Å². The second-order valence-corrected chi connectivity index (χ2v) is 5.43. The van der Waals surface area contributed by atoms with Crippen LogP contribution in [0.2, 0.25) is 0 Å². The smallest absolute Gasteiger partial charge is 0.294 e. The van der Waals surface area contributed by atoms with E-state index in [1.165, 1.54) is 23.1 Å². The summed E-state index contributed by atoms with van der Waals surface area (Å²) in [6, 6.07) is 7.46. The molecule has 94 valence electrons. The Bertz CT molecular complexity index is 633. The van der Waals surface area contributed by atoms with E-state index in [0.29, 0.717) is 5.69 Å². The molecule has 1 aliphatic heterocycles. The molecule has 2 rings (SSSR count). The van der Waals surface area contributed by atoms with Crippen molar-refractivity contribution in [3.63, 3.8) is 0 Å². The molecular weight excluding hydrogens is 256 g/mol. The number of benzene rings is 1. The van der Waals surface area contributed by atoms with Gasteiger partial charge >= 0.3 is 0 Å². The summed E-state index contributed by atoms with van der Waals surface area (Å²) < 4.78 is 30.9. The van der Waals surface area contributed by atoms with E-state index in [2.05, 4.69) is 0 Å². The van der Waals surface area contributed by atoms with Crippen molar-refractivity contribution in [1.29, 1.82) is 5.26 Å². The van der Waals surface area contributed by atoms with Crippen LogP contribution >= 0.6 is 0 Å². The zero-order chi connectivity index (χ0) is 13.3. The van der Waals surface area contributed by atoms with Gasteiger partial charge in [-0.2, -0.15) is 13.7 Å². The lowest BCUT2D eigenvalue weighted by molar-refractivity contribution is -0.117. The molecule has 1 unspecified atom stereocenters. The molecule has 1 amide bonds. The highest BCUT2D eigenvalue weighted by atomic mass is 32.2. The number of hydrogen-bond donors (Lipinski definition) is 1. The van der Waals surface area contributed by atoms with E-state index < -0.39 is 10.1 Å². The molecule has 1 aromatic rings. The molecule has 0 saturated carbocycles. The van der Waals surface area contributed by atoms with Crippen molar-refractivity contribution in [2.45, 2.75) is 11.3 Å². The highest BCUT2D eigenvalue weighted by Crippen LogP contribution is 2.26. The third-order valence-electron chi connectivity index (χ3n) is 2.73. The summed E-state index contributed by atoms with van der Waals surface area (Å²) in [7, 11) is -4.29. The number of amides is 1. The molecule has 6 nitrogen and oxygen atoms in total. The molecule has 1 heterocycles. The van der Waals surface area contributed by atoms with E-state index in [1.54, 1.807) is 6.07 Å². The Morgan fingerprint density at radius 2 is 2.17 bits per heavy atom. The van der Waals surface area contributed by atoms with Gasteiger partial charge in [0.1, 0.15) is 0 Å². The molecule has 1 saturated heterocycles. The Morgan fingerprint density at radius 1 is 1.44 bits per heavy atom. The van der Waals surface area contributed by atoms with Gasteiger partial charge < -0.3 is 4.90 Å². The van der Waals surface area contributed by atoms with E-state index >= 15 is 0 Å². The minimum Gasteiger partial charge on any atom is -0.311 e. The van der Waals surface area contributed by atoms with E-state index in [4.69, 9.17) is 9.81 Å². The van der Waals surface area contributed by atoms with Gasteiger partial charge in [0.15, 0.2) is 0 Å². The fraction of sp³-hybridized carbons (Fsp3) is 0.273. The molecule has 0 aliphatic carbocycles. The number of hydrogen-bond acceptors (Lipinski definition) is 4. The van der Waals surface area contributed by atoms with Crippen LogP contribution in [-0.4, -0.2) is 25.4 Å². The Hall–Kier alpha value is -1.91. The Kier molecular flexibility index (Phi) is 3.07. The molecule has 0 aromatic heterocycles. The zero-order valence-electron chi connectivity index (χ0n) is 9.28. The maximum Gasteiger partial charge on any atom is 0.294 e. The van der Waals surface area contributed by atoms with Gasteiger partial charge in [-0.15, -0.1) is 0 Å². The van der Waals surface area contributed by atoms with Crippen LogP contribution < -0.4 is 4.90 Å². The second kappa shape index (κ2) is 4.40. The lowest BCUT2D eigenvalue weighted by atomic mass is 10.1. The van der Waals surface area contributed by atoms with E-state index in [-0.39, 0.29) is 29.7 Å². The molecule has 1 fully saturated rings. The lowest BCUT2D eigenvalue weighted by Gasteiger charge is -2.16. The normalized spacial score (nSPS) is 19.9. The van der Waals surface area contributed by atoms with Crippen molar-refractivity contribution in [3.05, 3.63) is 24.3 Å². The summed E-state index contributed by atoms with van der Waals surface area (Å²) in [5.41, 5.74) is 0.368. The van der Waals surface area contributed by atoms with Gasteiger partial charge in [0.05, 0.1) is 16.9 Å². The summed E-state index contributed by atoms with van der Waals surface area (Å²) in [6.07, 6.45) is 0.132. The molecular formula is C11H10N2O4S. The molecule has 1 N–H and O–H groups in total. The molecule has 0 spiro atoms. The number of nitriles is 1. The molecule has 0 bridgehead atoms. The Balaban J connectivity index is 2.36. The third kappa shape index (κ3) is 2.34. The van der Waals surface area contributed by atoms with Crippen molar-refractivity contribution < 1.29 is 17.8 Å². The largest absolute Gasteiger partial charge is 0.311 e. The number of rotatable bonds is 2. The number of carbonyl (C=O) groups is 1. The summed E-state index contributed by atoms with van der Waals surface area (Å²) in [5.74, 6) is -0.610. The lowest BCUT2D eigenvalue weighted by Crippen LogP contribution is -2.24. The quantitative estimate of drug-likeness (QED) is 0.798. The molecule has 1 aromatic carbocycles. The summed E-state index contributed by atoms with van der Waals surface area (Å²) in [4.78, 5) is 12.7. The van der Waals surface area contributed by atoms with E-state index in [1.807, 2.05) is 6.07 Å². The second-order valence-electron chi connectivity index (χ2n) is 4.01. The van der Waals surface area contributed by atoms with Gasteiger partial charge in [0.25, 0.3) is 10.1 Å². The standard InChI is InChI=1S/C11H10N2O4S/c12-6-8-4-11(14)13(7-8)9-2-1-3-10(5-9)18(15,16)17/h1-3,5,8H,4,7H2,(H,15,16,17). The maximum absolute atomic E-state index is 11.7. The van der Waals surface area contributed by atoms with Crippen molar-refractivity contribution in [2.24, 2.45) is 5.92 Å². The monoisotopic (exact) mass is 266 g/mol. The van der Waals surface area contributed by atoms with Gasteiger partial charge in [-0.1, -0.05) is 6.07 Å². The van der Waals surface area contributed by atoms with Gasteiger partial charge in [-0.25, -0.2) is 0 Å². The predicted octanol–water partition coefficient (Wildman–Crippen LogP) is 0.810. The number of carbonyl (C=O) groups excluding carboxylic acids is 1. The van der Waals surface area contributed by atoms with Crippen molar-refractivity contribution in [1.82, 2.24) is 0 Å². The summed E-state index contributed by atoms with van der Waals surface area (Å²) >= 11 is 0. The predicted molar refractivity (Wildman–Crippen MR) is 62.3 cm³/mol. The van der Waals surface area contributed by atoms with Gasteiger partial charge in [-0.05, 0) is 18.2 Å². The first-order valence-electron chi connectivity index (χ1n) is 5.19. The fourth-order valence-corrected chi connectivity index (χ4v) is 2.38. The molecule has 0 radical (unpaired) electrons.